The molecule has 2 heterocycles. The fraction of sp³-hybridized carbons (Fsp3) is 0.143. The van der Waals surface area contributed by atoms with Gasteiger partial charge in [0, 0.05) is 36.1 Å². The molecular weight excluding hydrogens is 440 g/mol. The quantitative estimate of drug-likeness (QED) is 0.449. The summed E-state index contributed by atoms with van der Waals surface area (Å²) in [5.41, 5.74) is 2.66. The summed E-state index contributed by atoms with van der Waals surface area (Å²) in [6.45, 7) is 1.79. The van der Waals surface area contributed by atoms with Crippen LogP contribution in [0.5, 0.6) is 11.5 Å². The van der Waals surface area contributed by atoms with E-state index in [2.05, 4.69) is 20.2 Å². The van der Waals surface area contributed by atoms with Crippen molar-refractivity contribution in [1.29, 1.82) is 0 Å². The monoisotopic (exact) mass is 459 g/mol. The Morgan fingerprint density at radius 1 is 1.03 bits per heavy atom. The Morgan fingerprint density at radius 3 is 2.47 bits per heavy atom. The van der Waals surface area contributed by atoms with Gasteiger partial charge in [-0.1, -0.05) is 0 Å². The van der Waals surface area contributed by atoms with Crippen molar-refractivity contribution in [2.75, 3.05) is 23.3 Å². The third-order valence-corrected chi connectivity index (χ3v) is 5.26. The van der Waals surface area contributed by atoms with Gasteiger partial charge in [-0.2, -0.15) is 0 Å². The Hall–Kier alpha value is -3.73. The van der Waals surface area contributed by atoms with E-state index in [0.717, 1.165) is 18.4 Å². The predicted molar refractivity (Wildman–Crippen MR) is 118 cm³/mol. The molecule has 2 N–H and O–H groups in total. The molecule has 0 saturated heterocycles. The largest absolute Gasteiger partial charge is 0.454 e. The van der Waals surface area contributed by atoms with Crippen LogP contribution in [0, 0.1) is 18.6 Å². The van der Waals surface area contributed by atoms with Gasteiger partial charge < -0.3 is 10.1 Å². The van der Waals surface area contributed by atoms with Crippen molar-refractivity contribution in [3.8, 4) is 22.6 Å². The van der Waals surface area contributed by atoms with Gasteiger partial charge in [0.05, 0.1) is 11.9 Å². The average Bonchev–Trinajstić information content (AvgIpc) is 3.10. The first kappa shape index (κ1) is 21.5. The number of anilines is 2. The number of fused-ring (bicyclic) bond motifs is 1. The third kappa shape index (κ3) is 4.33. The summed E-state index contributed by atoms with van der Waals surface area (Å²) in [5.74, 6) is -0.894. The van der Waals surface area contributed by atoms with Crippen molar-refractivity contribution in [3.63, 3.8) is 0 Å². The predicted octanol–water partition coefficient (Wildman–Crippen LogP) is 4.19. The van der Waals surface area contributed by atoms with Crippen LogP contribution in [0.2, 0.25) is 0 Å². The van der Waals surface area contributed by atoms with Crippen LogP contribution in [0.15, 0.2) is 48.7 Å². The van der Waals surface area contributed by atoms with Crippen LogP contribution in [0.4, 0.5) is 20.2 Å². The SMILES string of the molecule is CNc1cc(-c2cc(NS(C)(=O)=O)ccc2Oc2ccc(F)cc2F)cn2c(C)nnc12. The first-order chi connectivity index (χ1) is 15.1. The fourth-order valence-corrected chi connectivity index (χ4v) is 3.79. The Balaban J connectivity index is 1.90. The number of nitrogens with zero attached hydrogens (tertiary/aromatic N) is 3. The van der Waals surface area contributed by atoms with E-state index in [1.807, 2.05) is 0 Å². The average molecular weight is 459 g/mol. The summed E-state index contributed by atoms with van der Waals surface area (Å²) in [6, 6.07) is 9.35. The molecule has 0 fully saturated rings. The number of pyridine rings is 1. The van der Waals surface area contributed by atoms with Crippen LogP contribution in [-0.2, 0) is 10.0 Å². The molecule has 0 aliphatic rings. The van der Waals surface area contributed by atoms with E-state index < -0.39 is 21.7 Å². The number of ether oxygens (including phenoxy) is 1. The molecule has 2 aromatic carbocycles. The molecule has 8 nitrogen and oxygen atoms in total. The number of benzene rings is 2. The second-order valence-corrected chi connectivity index (χ2v) is 8.84. The number of aromatic nitrogens is 3. The molecule has 0 saturated carbocycles. The van der Waals surface area contributed by atoms with E-state index >= 15 is 0 Å². The van der Waals surface area contributed by atoms with E-state index in [1.165, 1.54) is 18.2 Å². The summed E-state index contributed by atoms with van der Waals surface area (Å²) < 4.78 is 60.9. The normalized spacial score (nSPS) is 11.5. The van der Waals surface area contributed by atoms with Gasteiger partial charge in [0.25, 0.3) is 0 Å². The summed E-state index contributed by atoms with van der Waals surface area (Å²) in [5, 5.41) is 11.3. The lowest BCUT2D eigenvalue weighted by atomic mass is 10.0. The standard InChI is InChI=1S/C21H19F2N5O3S/c1-12-25-26-21-18(24-2)8-13(11-28(12)21)16-10-15(27-32(3,29)30)5-7-19(16)31-20-6-4-14(22)9-17(20)23/h4-11,24,27H,1-3H3. The van der Waals surface area contributed by atoms with Crippen LogP contribution >= 0.6 is 0 Å². The van der Waals surface area contributed by atoms with Crippen LogP contribution in [0.25, 0.3) is 16.8 Å². The Labute approximate surface area is 182 Å². The molecule has 0 radical (unpaired) electrons. The van der Waals surface area contributed by atoms with Crippen molar-refractivity contribution in [2.45, 2.75) is 6.92 Å². The zero-order valence-electron chi connectivity index (χ0n) is 17.3. The maximum Gasteiger partial charge on any atom is 0.229 e. The van der Waals surface area contributed by atoms with Crippen molar-refractivity contribution < 1.29 is 21.9 Å². The van der Waals surface area contributed by atoms with Crippen molar-refractivity contribution >= 4 is 27.0 Å². The maximum atomic E-state index is 14.2. The van der Waals surface area contributed by atoms with E-state index in [0.29, 0.717) is 34.0 Å². The molecule has 32 heavy (non-hydrogen) atoms. The Kier molecular flexibility index (Phi) is 5.43. The van der Waals surface area contributed by atoms with Crippen molar-refractivity contribution in [2.24, 2.45) is 0 Å². The van der Waals surface area contributed by atoms with E-state index in [9.17, 15) is 17.2 Å². The molecule has 0 atom stereocenters. The minimum absolute atomic E-state index is 0.174. The number of rotatable bonds is 6. The molecule has 11 heteroatoms. The summed E-state index contributed by atoms with van der Waals surface area (Å²) in [7, 11) is -1.80. The van der Waals surface area contributed by atoms with Crippen LogP contribution in [-0.4, -0.2) is 36.3 Å². The lowest BCUT2D eigenvalue weighted by Gasteiger charge is -2.15. The van der Waals surface area contributed by atoms with E-state index in [-0.39, 0.29) is 11.5 Å². The third-order valence-electron chi connectivity index (χ3n) is 4.65. The molecule has 0 spiro atoms. The molecule has 0 aliphatic carbocycles. The van der Waals surface area contributed by atoms with Crippen molar-refractivity contribution in [3.05, 3.63) is 66.1 Å². The number of hydrogen-bond acceptors (Lipinski definition) is 6. The van der Waals surface area contributed by atoms with Gasteiger partial charge in [0.15, 0.2) is 17.2 Å². The van der Waals surface area contributed by atoms with Gasteiger partial charge in [-0.3, -0.25) is 9.12 Å². The van der Waals surface area contributed by atoms with Crippen LogP contribution in [0.3, 0.4) is 0 Å². The second kappa shape index (κ2) is 8.08. The molecule has 0 bridgehead atoms. The number of hydrogen-bond donors (Lipinski definition) is 2. The highest BCUT2D eigenvalue weighted by atomic mass is 32.2. The molecule has 0 aliphatic heterocycles. The number of nitrogens with one attached hydrogen (secondary N) is 2. The molecule has 4 aromatic rings. The zero-order valence-corrected chi connectivity index (χ0v) is 18.2. The smallest absolute Gasteiger partial charge is 0.229 e. The number of aryl methyl sites for hydroxylation is 1. The lowest BCUT2D eigenvalue weighted by molar-refractivity contribution is 0.439. The number of halogens is 2. The molecule has 4 rings (SSSR count). The number of sulfonamides is 1. The fourth-order valence-electron chi connectivity index (χ4n) is 3.23. The highest BCUT2D eigenvalue weighted by Crippen LogP contribution is 2.38. The molecule has 0 unspecified atom stereocenters. The minimum Gasteiger partial charge on any atom is -0.454 e. The van der Waals surface area contributed by atoms with Crippen molar-refractivity contribution in [1.82, 2.24) is 14.6 Å². The molecule has 166 valence electrons. The van der Waals surface area contributed by atoms with Gasteiger partial charge in [0.1, 0.15) is 17.4 Å². The maximum absolute atomic E-state index is 14.2. The lowest BCUT2D eigenvalue weighted by Crippen LogP contribution is -2.09. The van der Waals surface area contributed by atoms with Gasteiger partial charge >= 0.3 is 0 Å². The first-order valence-corrected chi connectivity index (χ1v) is 11.3. The molecular formula is C21H19F2N5O3S. The van der Waals surface area contributed by atoms with Gasteiger partial charge in [-0.25, -0.2) is 17.2 Å². The highest BCUT2D eigenvalue weighted by Gasteiger charge is 2.16. The van der Waals surface area contributed by atoms with Gasteiger partial charge in [-0.05, 0) is 43.3 Å². The topological polar surface area (TPSA) is 97.6 Å². The second-order valence-electron chi connectivity index (χ2n) is 7.10. The Bertz CT molecular complexity index is 1440. The molecule has 0 amide bonds. The first-order valence-electron chi connectivity index (χ1n) is 9.43. The van der Waals surface area contributed by atoms with E-state index in [4.69, 9.17) is 4.74 Å². The van der Waals surface area contributed by atoms with Crippen LogP contribution in [0.1, 0.15) is 5.82 Å². The van der Waals surface area contributed by atoms with Gasteiger partial charge in [0.2, 0.25) is 10.0 Å². The zero-order chi connectivity index (χ0) is 23.0. The summed E-state index contributed by atoms with van der Waals surface area (Å²) in [6.07, 6.45) is 2.80. The minimum atomic E-state index is -3.53. The summed E-state index contributed by atoms with van der Waals surface area (Å²) in [4.78, 5) is 0. The molecule has 2 aromatic heterocycles. The van der Waals surface area contributed by atoms with E-state index in [1.54, 1.807) is 36.7 Å². The Morgan fingerprint density at radius 2 is 1.78 bits per heavy atom. The van der Waals surface area contributed by atoms with Gasteiger partial charge in [-0.15, -0.1) is 10.2 Å². The summed E-state index contributed by atoms with van der Waals surface area (Å²) >= 11 is 0. The highest BCUT2D eigenvalue weighted by molar-refractivity contribution is 7.92. The van der Waals surface area contributed by atoms with Crippen LogP contribution < -0.4 is 14.8 Å².